The summed E-state index contributed by atoms with van der Waals surface area (Å²) in [5.41, 5.74) is -1.10. The van der Waals surface area contributed by atoms with E-state index in [1.165, 1.54) is 6.07 Å². The van der Waals surface area contributed by atoms with Crippen LogP contribution in [-0.2, 0) is 0 Å². The van der Waals surface area contributed by atoms with Gasteiger partial charge in [-0.1, -0.05) is 48.5 Å². The molecule has 0 saturated heterocycles. The Morgan fingerprint density at radius 1 is 0.455 bits per heavy atom. The Morgan fingerprint density at radius 3 is 1.42 bits per heavy atom. The van der Waals surface area contributed by atoms with Crippen molar-refractivity contribution in [2.24, 2.45) is 0 Å². The number of carboxylic acid groups (broad SMARTS) is 3. The molecule has 0 aliphatic heterocycles. The van der Waals surface area contributed by atoms with Crippen molar-refractivity contribution in [3.63, 3.8) is 0 Å². The number of rotatable bonds is 3. The topological polar surface area (TPSA) is 112 Å². The molecule has 0 saturated carbocycles. The van der Waals surface area contributed by atoms with E-state index in [9.17, 15) is 29.7 Å². The highest BCUT2D eigenvalue weighted by Crippen LogP contribution is 2.50. The summed E-state index contributed by atoms with van der Waals surface area (Å²) in [5, 5.41) is 38.5. The van der Waals surface area contributed by atoms with E-state index in [2.05, 4.69) is 0 Å². The zero-order valence-corrected chi connectivity index (χ0v) is 16.8. The third kappa shape index (κ3) is 1.92. The molecule has 0 fully saturated rings. The van der Waals surface area contributed by atoms with E-state index >= 15 is 0 Å². The maximum Gasteiger partial charge on any atom is 0.337 e. The summed E-state index contributed by atoms with van der Waals surface area (Å²) in [6.45, 7) is 0. The first kappa shape index (κ1) is 17.9. The van der Waals surface area contributed by atoms with Crippen LogP contribution in [0.4, 0.5) is 0 Å². The predicted molar refractivity (Wildman–Crippen MR) is 126 cm³/mol. The minimum absolute atomic E-state index is 0.0427. The summed E-state index contributed by atoms with van der Waals surface area (Å²) in [6.07, 6.45) is 0. The molecule has 0 spiro atoms. The molecule has 0 heterocycles. The van der Waals surface area contributed by atoms with Gasteiger partial charge in [0.05, 0.1) is 16.7 Å². The van der Waals surface area contributed by atoms with Crippen LogP contribution < -0.4 is 0 Å². The number of aromatic carboxylic acids is 3. The molecular weight excluding hydrogens is 420 g/mol. The van der Waals surface area contributed by atoms with Gasteiger partial charge in [-0.3, -0.25) is 0 Å². The molecule has 0 aromatic heterocycles. The summed E-state index contributed by atoms with van der Waals surface area (Å²) in [4.78, 5) is 37.1. The normalized spacial score (nSPS) is 12.4. The van der Waals surface area contributed by atoms with Gasteiger partial charge in [0, 0.05) is 10.8 Å². The summed E-state index contributed by atoms with van der Waals surface area (Å²) in [5.74, 6) is -4.19. The molecule has 6 nitrogen and oxygen atoms in total. The molecule has 0 unspecified atom stereocenters. The smallest absolute Gasteiger partial charge is 0.337 e. The molecular formula is C27H12O6. The van der Waals surface area contributed by atoms with Crippen molar-refractivity contribution in [1.29, 1.82) is 0 Å². The molecule has 0 amide bonds. The lowest BCUT2D eigenvalue weighted by Crippen LogP contribution is -2.13. The molecule has 6 heteroatoms. The predicted octanol–water partition coefficient (Wildman–Crippen LogP) is 6.01. The van der Waals surface area contributed by atoms with Crippen LogP contribution in [0.25, 0.3) is 64.6 Å². The first-order valence-electron chi connectivity index (χ1n) is 10.3. The van der Waals surface area contributed by atoms with E-state index in [0.717, 1.165) is 37.7 Å². The van der Waals surface area contributed by atoms with Crippen LogP contribution in [0.15, 0.2) is 54.6 Å². The Balaban J connectivity index is 2.03. The number of carbonyl (C=O) groups is 3. The van der Waals surface area contributed by atoms with Gasteiger partial charge in [0.25, 0.3) is 0 Å². The lowest BCUT2D eigenvalue weighted by atomic mass is 9.79. The standard InChI is InChI=1S/C27H12O6/c28-25(29)15-9-13-6-5-11-2-1-10-3-4-12-7-8-14-20-18(12)16(10)17(11)19(13)23(20)21(15)24(27(32)33)22(14)26(30)31/h1-9H,(H,28,29)(H,30,31)(H,32,33). The minimum atomic E-state index is -1.47. The monoisotopic (exact) mass is 432 g/mol. The highest BCUT2D eigenvalue weighted by Gasteiger charge is 2.31. The van der Waals surface area contributed by atoms with Crippen molar-refractivity contribution in [1.82, 2.24) is 0 Å². The zero-order valence-electron chi connectivity index (χ0n) is 16.8. The Morgan fingerprint density at radius 2 is 0.909 bits per heavy atom. The summed E-state index contributed by atoms with van der Waals surface area (Å²) < 4.78 is 0. The van der Waals surface area contributed by atoms with Crippen LogP contribution in [0.5, 0.6) is 0 Å². The molecule has 0 radical (unpaired) electrons. The molecule has 7 aromatic carbocycles. The molecule has 33 heavy (non-hydrogen) atoms. The van der Waals surface area contributed by atoms with Gasteiger partial charge >= 0.3 is 17.9 Å². The van der Waals surface area contributed by atoms with Gasteiger partial charge in [-0.15, -0.1) is 0 Å². The molecule has 7 aromatic rings. The van der Waals surface area contributed by atoms with Gasteiger partial charge in [-0.05, 0) is 59.9 Å². The molecule has 0 bridgehead atoms. The van der Waals surface area contributed by atoms with E-state index in [0.29, 0.717) is 21.5 Å². The van der Waals surface area contributed by atoms with Gasteiger partial charge < -0.3 is 15.3 Å². The lowest BCUT2D eigenvalue weighted by molar-refractivity contribution is 0.0654. The Hall–Kier alpha value is -4.71. The van der Waals surface area contributed by atoms with Gasteiger partial charge in [0.1, 0.15) is 0 Å². The fraction of sp³-hybridized carbons (Fsp3) is 0. The lowest BCUT2D eigenvalue weighted by Gasteiger charge is -2.23. The Bertz CT molecular complexity index is 1990. The molecule has 0 atom stereocenters. The van der Waals surface area contributed by atoms with Gasteiger partial charge in [0.2, 0.25) is 0 Å². The van der Waals surface area contributed by atoms with Crippen LogP contribution in [0.1, 0.15) is 31.1 Å². The average Bonchev–Trinajstić information content (AvgIpc) is 2.80. The number of hydrogen-bond donors (Lipinski definition) is 3. The number of carboxylic acids is 3. The second-order valence-electron chi connectivity index (χ2n) is 8.42. The van der Waals surface area contributed by atoms with E-state index in [1.54, 1.807) is 12.1 Å². The fourth-order valence-corrected chi connectivity index (χ4v) is 5.78. The van der Waals surface area contributed by atoms with Crippen molar-refractivity contribution in [3.05, 3.63) is 71.3 Å². The van der Waals surface area contributed by atoms with Crippen LogP contribution in [0.3, 0.4) is 0 Å². The average molecular weight is 432 g/mol. The molecule has 0 aliphatic rings. The number of hydrogen-bond acceptors (Lipinski definition) is 3. The molecule has 0 aliphatic carbocycles. The zero-order chi connectivity index (χ0) is 22.8. The first-order chi connectivity index (χ1) is 15.9. The third-order valence-corrected chi connectivity index (χ3v) is 6.93. The summed E-state index contributed by atoms with van der Waals surface area (Å²) >= 11 is 0. The number of benzene rings is 7. The largest absolute Gasteiger partial charge is 0.478 e. The Labute approximate surface area is 183 Å². The van der Waals surface area contributed by atoms with Crippen LogP contribution in [0, 0.1) is 0 Å². The van der Waals surface area contributed by atoms with Gasteiger partial charge in [-0.25, -0.2) is 14.4 Å². The van der Waals surface area contributed by atoms with Crippen LogP contribution in [-0.4, -0.2) is 33.2 Å². The van der Waals surface area contributed by atoms with E-state index in [1.807, 2.05) is 36.4 Å². The quantitative estimate of drug-likeness (QED) is 0.233. The van der Waals surface area contributed by atoms with Crippen LogP contribution >= 0.6 is 0 Å². The van der Waals surface area contributed by atoms with E-state index in [4.69, 9.17) is 0 Å². The maximum absolute atomic E-state index is 12.4. The third-order valence-electron chi connectivity index (χ3n) is 6.93. The van der Waals surface area contributed by atoms with Crippen LogP contribution in [0.2, 0.25) is 0 Å². The van der Waals surface area contributed by atoms with Gasteiger partial charge in [-0.2, -0.15) is 0 Å². The highest BCUT2D eigenvalue weighted by molar-refractivity contribution is 6.47. The summed E-state index contributed by atoms with van der Waals surface area (Å²) in [6, 6.07) is 16.6. The second kappa shape index (κ2) is 5.55. The fourth-order valence-electron chi connectivity index (χ4n) is 5.78. The SMILES string of the molecule is O=C(O)c1c(C(=O)O)c2c(C(=O)O)cc3ccc4ccc5ccc6ccc1c1c6c5c4c3c21. The first-order valence-corrected chi connectivity index (χ1v) is 10.3. The maximum atomic E-state index is 12.4. The molecule has 156 valence electrons. The van der Waals surface area contributed by atoms with Crippen molar-refractivity contribution in [3.8, 4) is 0 Å². The summed E-state index contributed by atoms with van der Waals surface area (Å²) in [7, 11) is 0. The van der Waals surface area contributed by atoms with Crippen molar-refractivity contribution in [2.45, 2.75) is 0 Å². The van der Waals surface area contributed by atoms with Crippen molar-refractivity contribution >= 4 is 82.5 Å². The van der Waals surface area contributed by atoms with Crippen molar-refractivity contribution < 1.29 is 29.7 Å². The molecule has 7 rings (SSSR count). The Kier molecular flexibility index (Phi) is 3.01. The minimum Gasteiger partial charge on any atom is -0.478 e. The highest BCUT2D eigenvalue weighted by atomic mass is 16.4. The van der Waals surface area contributed by atoms with E-state index in [-0.39, 0.29) is 10.9 Å². The van der Waals surface area contributed by atoms with Gasteiger partial charge in [0.15, 0.2) is 0 Å². The van der Waals surface area contributed by atoms with Crippen molar-refractivity contribution in [2.75, 3.05) is 0 Å². The molecule has 3 N–H and O–H groups in total. The van der Waals surface area contributed by atoms with E-state index < -0.39 is 29.0 Å². The second-order valence-corrected chi connectivity index (χ2v) is 8.42.